The van der Waals surface area contributed by atoms with Crippen LogP contribution in [-0.4, -0.2) is 16.5 Å². The van der Waals surface area contributed by atoms with Gasteiger partial charge in [0.25, 0.3) is 0 Å². The van der Waals surface area contributed by atoms with Gasteiger partial charge in [0.15, 0.2) is 0 Å². The lowest BCUT2D eigenvalue weighted by Crippen LogP contribution is -2.15. The van der Waals surface area contributed by atoms with Gasteiger partial charge in [-0.05, 0) is 53.5 Å². The Kier molecular flexibility index (Phi) is 3.22. The molecular weight excluding hydrogens is 298 g/mol. The lowest BCUT2D eigenvalue weighted by atomic mass is 10.2. The summed E-state index contributed by atoms with van der Waals surface area (Å²) < 4.78 is 1.13. The minimum absolute atomic E-state index is 0.332. The van der Waals surface area contributed by atoms with Crippen molar-refractivity contribution in [2.75, 3.05) is 6.54 Å². The fourth-order valence-corrected chi connectivity index (χ4v) is 3.39. The molecule has 0 amide bonds. The van der Waals surface area contributed by atoms with Crippen LogP contribution in [0.2, 0.25) is 0 Å². The molecule has 0 bridgehead atoms. The summed E-state index contributed by atoms with van der Waals surface area (Å²) in [4.78, 5) is 10.2. The molecule has 17 heavy (non-hydrogen) atoms. The van der Waals surface area contributed by atoms with Gasteiger partial charge in [-0.2, -0.15) is 0 Å². The molecule has 88 valence electrons. The van der Waals surface area contributed by atoms with E-state index >= 15 is 0 Å². The highest BCUT2D eigenvalue weighted by molar-refractivity contribution is 9.11. The Labute approximate surface area is 112 Å². The third-order valence-electron chi connectivity index (χ3n) is 2.87. The highest BCUT2D eigenvalue weighted by Gasteiger charge is 2.19. The van der Waals surface area contributed by atoms with Gasteiger partial charge in [-0.25, -0.2) is 9.97 Å². The second kappa shape index (κ2) is 4.84. The van der Waals surface area contributed by atoms with E-state index in [-0.39, 0.29) is 0 Å². The summed E-state index contributed by atoms with van der Waals surface area (Å²) in [5, 5.41) is 3.43. The molecule has 3 heterocycles. The fraction of sp³-hybridized carbons (Fsp3) is 0.333. The number of aromatic nitrogens is 2. The molecule has 0 aromatic carbocycles. The van der Waals surface area contributed by atoms with Crippen molar-refractivity contribution in [1.29, 1.82) is 0 Å². The van der Waals surface area contributed by atoms with E-state index in [1.54, 1.807) is 11.3 Å². The van der Waals surface area contributed by atoms with Crippen molar-refractivity contribution in [2.24, 2.45) is 0 Å². The molecule has 0 radical (unpaired) electrons. The van der Waals surface area contributed by atoms with Crippen LogP contribution in [0.5, 0.6) is 0 Å². The van der Waals surface area contributed by atoms with E-state index in [4.69, 9.17) is 0 Å². The van der Waals surface area contributed by atoms with E-state index < -0.39 is 0 Å². The third kappa shape index (κ3) is 2.41. The molecule has 1 atom stereocenters. The molecule has 1 aliphatic rings. The van der Waals surface area contributed by atoms with Crippen LogP contribution in [0.1, 0.15) is 24.7 Å². The second-order valence-corrected chi connectivity index (χ2v) is 6.52. The predicted octanol–water partition coefficient (Wildman–Crippen LogP) is 3.39. The summed E-state index contributed by atoms with van der Waals surface area (Å²) in [5.74, 6) is 0.921. The van der Waals surface area contributed by atoms with Crippen molar-refractivity contribution in [1.82, 2.24) is 15.3 Å². The quantitative estimate of drug-likeness (QED) is 0.924. The summed E-state index contributed by atoms with van der Waals surface area (Å²) in [6, 6.07) is 6.44. The number of nitrogens with zero attached hydrogens (tertiary/aromatic N) is 2. The van der Waals surface area contributed by atoms with Crippen molar-refractivity contribution in [3.05, 3.63) is 34.0 Å². The van der Waals surface area contributed by atoms with Crippen LogP contribution < -0.4 is 5.32 Å². The number of thiophene rings is 1. The van der Waals surface area contributed by atoms with Crippen molar-refractivity contribution < 1.29 is 0 Å². The Morgan fingerprint density at radius 1 is 1.35 bits per heavy atom. The summed E-state index contributed by atoms with van der Waals surface area (Å²) in [5.41, 5.74) is 1.01. The van der Waals surface area contributed by atoms with E-state index in [1.165, 1.54) is 11.3 Å². The maximum absolute atomic E-state index is 4.65. The molecule has 1 unspecified atom stereocenters. The van der Waals surface area contributed by atoms with Crippen LogP contribution in [-0.2, 0) is 0 Å². The molecule has 5 heteroatoms. The van der Waals surface area contributed by atoms with Gasteiger partial charge in [0.05, 0.1) is 20.4 Å². The zero-order valence-electron chi connectivity index (χ0n) is 9.19. The zero-order chi connectivity index (χ0) is 11.7. The topological polar surface area (TPSA) is 37.8 Å². The summed E-state index contributed by atoms with van der Waals surface area (Å²) in [7, 11) is 0. The molecule has 1 N–H and O–H groups in total. The first-order chi connectivity index (χ1) is 8.33. The normalized spacial score (nSPS) is 19.7. The molecule has 3 rings (SSSR count). The molecular formula is C12H12BrN3S. The molecule has 1 aliphatic heterocycles. The maximum atomic E-state index is 4.65. The summed E-state index contributed by atoms with van der Waals surface area (Å²) >= 11 is 5.18. The van der Waals surface area contributed by atoms with Crippen molar-refractivity contribution in [3.8, 4) is 10.6 Å². The van der Waals surface area contributed by atoms with Crippen molar-refractivity contribution >= 4 is 27.3 Å². The Bertz CT molecular complexity index is 520. The summed E-state index contributed by atoms with van der Waals surface area (Å²) in [6.45, 7) is 1.07. The molecule has 2 aromatic rings. The third-order valence-corrected chi connectivity index (χ3v) is 4.52. The standard InChI is InChI=1S/C12H12BrN3S/c13-11-4-3-10(17-11)8-5-7-15-12(16-8)9-2-1-6-14-9/h3-5,7,9,14H,1-2,6H2. The molecule has 1 saturated heterocycles. The largest absolute Gasteiger partial charge is 0.307 e. The first kappa shape index (κ1) is 11.3. The van der Waals surface area contributed by atoms with Crippen molar-refractivity contribution in [3.63, 3.8) is 0 Å². The van der Waals surface area contributed by atoms with Crippen LogP contribution in [0.25, 0.3) is 10.6 Å². The monoisotopic (exact) mass is 309 g/mol. The van der Waals surface area contributed by atoms with Gasteiger partial charge in [0.2, 0.25) is 0 Å². The predicted molar refractivity (Wildman–Crippen MR) is 73.0 cm³/mol. The maximum Gasteiger partial charge on any atom is 0.145 e. The van der Waals surface area contributed by atoms with Gasteiger partial charge in [-0.3, -0.25) is 0 Å². The van der Waals surface area contributed by atoms with Crippen LogP contribution in [0.4, 0.5) is 0 Å². The van der Waals surface area contributed by atoms with Gasteiger partial charge in [0, 0.05) is 6.20 Å². The Morgan fingerprint density at radius 2 is 2.29 bits per heavy atom. The Hall–Kier alpha value is -0.780. The number of hydrogen-bond donors (Lipinski definition) is 1. The van der Waals surface area contributed by atoms with Gasteiger partial charge in [0.1, 0.15) is 5.82 Å². The number of halogens is 1. The molecule has 0 aliphatic carbocycles. The van der Waals surface area contributed by atoms with E-state index in [0.717, 1.165) is 28.3 Å². The highest BCUT2D eigenvalue weighted by Crippen LogP contribution is 2.30. The van der Waals surface area contributed by atoms with E-state index in [9.17, 15) is 0 Å². The molecule has 0 spiro atoms. The first-order valence-corrected chi connectivity index (χ1v) is 7.26. The van der Waals surface area contributed by atoms with Crippen LogP contribution in [0.15, 0.2) is 28.2 Å². The lowest BCUT2D eigenvalue weighted by molar-refractivity contribution is 0.605. The van der Waals surface area contributed by atoms with Gasteiger partial charge in [-0.15, -0.1) is 11.3 Å². The van der Waals surface area contributed by atoms with Gasteiger partial charge >= 0.3 is 0 Å². The van der Waals surface area contributed by atoms with Crippen LogP contribution in [0, 0.1) is 0 Å². The van der Waals surface area contributed by atoms with Crippen LogP contribution >= 0.6 is 27.3 Å². The highest BCUT2D eigenvalue weighted by atomic mass is 79.9. The molecule has 2 aromatic heterocycles. The molecule has 3 nitrogen and oxygen atoms in total. The second-order valence-electron chi connectivity index (χ2n) is 4.05. The molecule has 1 fully saturated rings. The number of nitrogens with one attached hydrogen (secondary N) is 1. The zero-order valence-corrected chi connectivity index (χ0v) is 11.6. The van der Waals surface area contributed by atoms with Gasteiger partial charge in [-0.1, -0.05) is 0 Å². The summed E-state index contributed by atoms with van der Waals surface area (Å²) in [6.07, 6.45) is 4.20. The number of hydrogen-bond acceptors (Lipinski definition) is 4. The van der Waals surface area contributed by atoms with E-state index in [1.807, 2.05) is 12.3 Å². The average molecular weight is 310 g/mol. The lowest BCUT2D eigenvalue weighted by Gasteiger charge is -2.08. The van der Waals surface area contributed by atoms with Gasteiger partial charge < -0.3 is 5.32 Å². The minimum atomic E-state index is 0.332. The average Bonchev–Trinajstić information content (AvgIpc) is 3.00. The Morgan fingerprint density at radius 3 is 3.00 bits per heavy atom. The van der Waals surface area contributed by atoms with Crippen LogP contribution in [0.3, 0.4) is 0 Å². The number of rotatable bonds is 2. The SMILES string of the molecule is Brc1ccc(-c2ccnc(C3CCCN3)n2)s1. The van der Waals surface area contributed by atoms with E-state index in [0.29, 0.717) is 6.04 Å². The smallest absolute Gasteiger partial charge is 0.145 e. The van der Waals surface area contributed by atoms with E-state index in [2.05, 4.69) is 43.3 Å². The van der Waals surface area contributed by atoms with Crippen molar-refractivity contribution in [2.45, 2.75) is 18.9 Å². The fourth-order valence-electron chi connectivity index (χ4n) is 2.04. The minimum Gasteiger partial charge on any atom is -0.307 e. The molecule has 0 saturated carbocycles. The first-order valence-electron chi connectivity index (χ1n) is 5.65. The Balaban J connectivity index is 1.93.